The van der Waals surface area contributed by atoms with Crippen molar-refractivity contribution in [2.45, 2.75) is 55.7 Å². The Morgan fingerprint density at radius 3 is 2.17 bits per heavy atom. The number of sulfonamides is 1. The molecular formula is C33H41N3O5S. The molecule has 0 radical (unpaired) electrons. The van der Waals surface area contributed by atoms with Crippen molar-refractivity contribution in [3.63, 3.8) is 0 Å². The number of carbonyl (C=O) groups excluding carboxylic acids is 1. The summed E-state index contributed by atoms with van der Waals surface area (Å²) in [6.07, 6.45) is 3.74. The molecule has 1 saturated heterocycles. The minimum atomic E-state index is -3.87. The number of nitrogens with zero attached hydrogens (tertiary/aromatic N) is 3. The third kappa shape index (κ3) is 7.32. The van der Waals surface area contributed by atoms with Gasteiger partial charge < -0.3 is 19.6 Å². The smallest absolute Gasteiger partial charge is 0.320 e. The van der Waals surface area contributed by atoms with Crippen molar-refractivity contribution >= 4 is 16.1 Å². The van der Waals surface area contributed by atoms with E-state index in [1.807, 2.05) is 65.6 Å². The van der Waals surface area contributed by atoms with E-state index in [0.717, 1.165) is 36.8 Å². The largest absolute Gasteiger partial charge is 0.497 e. The number of hydrogen-bond donors (Lipinski definition) is 1. The van der Waals surface area contributed by atoms with E-state index in [2.05, 4.69) is 0 Å². The van der Waals surface area contributed by atoms with Gasteiger partial charge in [-0.15, -0.1) is 0 Å². The van der Waals surface area contributed by atoms with Crippen LogP contribution >= 0.6 is 0 Å². The van der Waals surface area contributed by atoms with Gasteiger partial charge in [-0.2, -0.15) is 4.31 Å². The van der Waals surface area contributed by atoms with Crippen molar-refractivity contribution in [1.82, 2.24) is 14.1 Å². The number of benzene rings is 3. The number of β-amino-alcohol motifs (C(OH)–C–C–N with tert-alkyl or cyclic N) is 1. The molecular weight excluding hydrogens is 550 g/mol. The Balaban J connectivity index is 1.34. The van der Waals surface area contributed by atoms with Crippen LogP contribution in [0.2, 0.25) is 0 Å². The molecule has 3 aromatic carbocycles. The molecule has 1 aliphatic carbocycles. The molecule has 0 aromatic heterocycles. The van der Waals surface area contributed by atoms with Gasteiger partial charge in [-0.1, -0.05) is 73.5 Å². The number of aliphatic hydroxyl groups excluding tert-OH is 1. The molecule has 1 heterocycles. The highest BCUT2D eigenvalue weighted by Gasteiger charge is 2.39. The number of carbonyl (C=O) groups is 1. The van der Waals surface area contributed by atoms with Gasteiger partial charge >= 0.3 is 6.03 Å². The maximum atomic E-state index is 13.8. The number of ether oxygens (including phenoxy) is 1. The molecule has 2 aliphatic rings. The fourth-order valence-electron chi connectivity index (χ4n) is 6.16. The first-order valence-corrected chi connectivity index (χ1v) is 16.2. The monoisotopic (exact) mass is 591 g/mol. The third-order valence-electron chi connectivity index (χ3n) is 8.37. The van der Waals surface area contributed by atoms with Crippen molar-refractivity contribution in [1.29, 1.82) is 0 Å². The lowest BCUT2D eigenvalue weighted by atomic mass is 10.1. The summed E-state index contributed by atoms with van der Waals surface area (Å²) in [5.74, 6) is 0.833. The van der Waals surface area contributed by atoms with Crippen LogP contribution in [-0.4, -0.2) is 79.1 Å². The average Bonchev–Trinajstić information content (AvgIpc) is 3.62. The Hall–Kier alpha value is -3.40. The summed E-state index contributed by atoms with van der Waals surface area (Å²) in [4.78, 5) is 17.4. The zero-order valence-corrected chi connectivity index (χ0v) is 25.0. The minimum absolute atomic E-state index is 0.0565. The van der Waals surface area contributed by atoms with Crippen LogP contribution < -0.4 is 4.74 Å². The second-order valence-electron chi connectivity index (χ2n) is 11.4. The lowest BCUT2D eigenvalue weighted by Crippen LogP contribution is -2.47. The molecule has 1 unspecified atom stereocenters. The fourth-order valence-corrected chi connectivity index (χ4v) is 7.71. The molecule has 42 heavy (non-hydrogen) atoms. The Labute approximate surface area is 249 Å². The molecule has 1 aliphatic heterocycles. The van der Waals surface area contributed by atoms with Crippen LogP contribution in [0.3, 0.4) is 0 Å². The molecule has 0 bridgehead atoms. The zero-order chi connectivity index (χ0) is 29.5. The summed E-state index contributed by atoms with van der Waals surface area (Å²) in [7, 11) is -2.33. The van der Waals surface area contributed by atoms with Crippen LogP contribution in [0.5, 0.6) is 5.75 Å². The molecule has 2 atom stereocenters. The zero-order valence-electron chi connectivity index (χ0n) is 24.2. The van der Waals surface area contributed by atoms with Crippen molar-refractivity contribution in [2.24, 2.45) is 5.92 Å². The summed E-state index contributed by atoms with van der Waals surface area (Å²) in [5, 5.41) is 11.4. The predicted molar refractivity (Wildman–Crippen MR) is 163 cm³/mol. The second kappa shape index (κ2) is 13.7. The van der Waals surface area contributed by atoms with Gasteiger partial charge in [0, 0.05) is 26.2 Å². The quantitative estimate of drug-likeness (QED) is 0.309. The number of rotatable bonds is 13. The van der Waals surface area contributed by atoms with Gasteiger partial charge in [0.1, 0.15) is 5.75 Å². The number of urea groups is 1. The highest BCUT2D eigenvalue weighted by Crippen LogP contribution is 2.29. The summed E-state index contributed by atoms with van der Waals surface area (Å²) >= 11 is 0. The van der Waals surface area contributed by atoms with Crippen LogP contribution in [-0.2, 0) is 23.0 Å². The maximum absolute atomic E-state index is 13.8. The van der Waals surface area contributed by atoms with E-state index in [9.17, 15) is 18.3 Å². The number of methoxy groups -OCH3 is 1. The molecule has 1 saturated carbocycles. The predicted octanol–water partition coefficient (Wildman–Crippen LogP) is 4.79. The van der Waals surface area contributed by atoms with Gasteiger partial charge in [0.25, 0.3) is 0 Å². The van der Waals surface area contributed by atoms with E-state index < -0.39 is 16.1 Å². The summed E-state index contributed by atoms with van der Waals surface area (Å²) in [6.45, 7) is 1.35. The van der Waals surface area contributed by atoms with Crippen LogP contribution in [0.25, 0.3) is 0 Å². The maximum Gasteiger partial charge on any atom is 0.320 e. The molecule has 2 fully saturated rings. The Morgan fingerprint density at radius 1 is 0.929 bits per heavy atom. The third-order valence-corrected chi connectivity index (χ3v) is 10.2. The van der Waals surface area contributed by atoms with E-state index in [4.69, 9.17) is 4.74 Å². The molecule has 2 amide bonds. The average molecular weight is 592 g/mol. The standard InChI is InChI=1S/C33H41N3O5S/c1-41-31-16-18-32(19-17-31)42(39,40)35(22-28-14-8-9-15-28)24-30(37)25-36-29(20-26-10-4-2-5-11-26)23-34(33(36)38)21-27-12-6-3-7-13-27/h2-7,10-13,16-19,28-30,37H,8-9,14-15,20-25H2,1H3/t29-,30?/m0/s1. The van der Waals surface area contributed by atoms with Crippen molar-refractivity contribution < 1.29 is 23.1 Å². The van der Waals surface area contributed by atoms with Gasteiger partial charge in [-0.25, -0.2) is 13.2 Å². The first-order valence-electron chi connectivity index (χ1n) is 14.8. The van der Waals surface area contributed by atoms with Crippen molar-refractivity contribution in [3.8, 4) is 5.75 Å². The van der Waals surface area contributed by atoms with Crippen molar-refractivity contribution in [3.05, 3.63) is 96.1 Å². The number of aliphatic hydroxyl groups is 1. The van der Waals surface area contributed by atoms with E-state index in [-0.39, 0.29) is 36.0 Å². The highest BCUT2D eigenvalue weighted by atomic mass is 32.2. The summed E-state index contributed by atoms with van der Waals surface area (Å²) in [6, 6.07) is 26.0. The SMILES string of the molecule is COc1ccc(S(=O)(=O)N(CC(O)CN2C(=O)N(Cc3ccccc3)C[C@@H]2Cc2ccccc2)CC2CCCC2)cc1. The van der Waals surface area contributed by atoms with Crippen LogP contribution in [0, 0.1) is 5.92 Å². The molecule has 224 valence electrons. The molecule has 8 nitrogen and oxygen atoms in total. The van der Waals surface area contributed by atoms with Gasteiger partial charge in [0.2, 0.25) is 10.0 Å². The molecule has 0 spiro atoms. The fraction of sp³-hybridized carbons (Fsp3) is 0.424. The normalized spacial score (nSPS) is 18.6. The Morgan fingerprint density at radius 2 is 1.55 bits per heavy atom. The lowest BCUT2D eigenvalue weighted by molar-refractivity contribution is 0.0955. The van der Waals surface area contributed by atoms with E-state index >= 15 is 0 Å². The van der Waals surface area contributed by atoms with Crippen LogP contribution in [0.4, 0.5) is 4.79 Å². The lowest BCUT2D eigenvalue weighted by Gasteiger charge is -2.30. The van der Waals surface area contributed by atoms with E-state index in [0.29, 0.717) is 31.8 Å². The minimum Gasteiger partial charge on any atom is -0.497 e. The molecule has 5 rings (SSSR count). The first-order chi connectivity index (χ1) is 20.3. The second-order valence-corrected chi connectivity index (χ2v) is 13.4. The van der Waals surface area contributed by atoms with Crippen LogP contribution in [0.1, 0.15) is 36.8 Å². The molecule has 3 aromatic rings. The Kier molecular flexibility index (Phi) is 9.82. The van der Waals surface area contributed by atoms with Gasteiger partial charge in [-0.3, -0.25) is 0 Å². The van der Waals surface area contributed by atoms with Crippen LogP contribution in [0.15, 0.2) is 89.8 Å². The van der Waals surface area contributed by atoms with Gasteiger partial charge in [0.05, 0.1) is 30.7 Å². The Bertz CT molecular complexity index is 1400. The highest BCUT2D eigenvalue weighted by molar-refractivity contribution is 7.89. The van der Waals surface area contributed by atoms with Gasteiger partial charge in [0.15, 0.2) is 0 Å². The summed E-state index contributed by atoms with van der Waals surface area (Å²) in [5.41, 5.74) is 2.15. The van der Waals surface area contributed by atoms with E-state index in [1.165, 1.54) is 11.4 Å². The van der Waals surface area contributed by atoms with E-state index in [1.54, 1.807) is 29.2 Å². The number of hydrogen-bond acceptors (Lipinski definition) is 5. The van der Waals surface area contributed by atoms with Crippen molar-refractivity contribution in [2.75, 3.05) is 33.3 Å². The topological polar surface area (TPSA) is 90.4 Å². The number of amides is 2. The first kappa shape index (κ1) is 30.1. The molecule has 1 N–H and O–H groups in total. The summed E-state index contributed by atoms with van der Waals surface area (Å²) < 4.78 is 34.2. The van der Waals surface area contributed by atoms with Gasteiger partial charge in [-0.05, 0) is 60.6 Å². The molecule has 9 heteroatoms.